The van der Waals surface area contributed by atoms with Crippen LogP contribution in [-0.4, -0.2) is 23.5 Å². The molecule has 0 aromatic heterocycles. The number of nitrogens with zero attached hydrogens (tertiary/aromatic N) is 2. The molecule has 190 valence electrons. The summed E-state index contributed by atoms with van der Waals surface area (Å²) in [5, 5.41) is 9.63. The van der Waals surface area contributed by atoms with Crippen LogP contribution >= 0.6 is 0 Å². The van der Waals surface area contributed by atoms with E-state index in [1.165, 1.54) is 141 Å². The van der Waals surface area contributed by atoms with Crippen LogP contribution in [0.25, 0.3) is 0 Å². The van der Waals surface area contributed by atoms with Gasteiger partial charge >= 0.3 is 0 Å². The molecule has 0 bridgehead atoms. The van der Waals surface area contributed by atoms with E-state index in [1.54, 1.807) is 0 Å². The van der Waals surface area contributed by atoms with E-state index in [2.05, 4.69) is 38.7 Å². The van der Waals surface area contributed by atoms with E-state index in [0.717, 1.165) is 13.1 Å². The fraction of sp³-hybridized carbons (Fsp3) is 0.967. The summed E-state index contributed by atoms with van der Waals surface area (Å²) in [6, 6.07) is 2.55. The lowest BCUT2D eigenvalue weighted by atomic mass is 10.0. The summed E-state index contributed by atoms with van der Waals surface area (Å²) in [6.45, 7) is 11.0. The average Bonchev–Trinajstić information content (AvgIpc) is 2.79. The van der Waals surface area contributed by atoms with Crippen LogP contribution < -0.4 is 0 Å². The van der Waals surface area contributed by atoms with Crippen LogP contribution in [0.1, 0.15) is 169 Å². The molecule has 0 saturated heterocycles. The highest BCUT2D eigenvalue weighted by molar-refractivity contribution is 5.01. The van der Waals surface area contributed by atoms with Crippen molar-refractivity contribution < 1.29 is 0 Å². The van der Waals surface area contributed by atoms with Gasteiger partial charge in [-0.1, -0.05) is 142 Å². The molecule has 0 aliphatic carbocycles. The normalized spacial score (nSPS) is 11.9. The first-order valence-corrected chi connectivity index (χ1v) is 14.7. The van der Waals surface area contributed by atoms with Crippen molar-refractivity contribution in [2.75, 3.05) is 13.1 Å². The lowest BCUT2D eigenvalue weighted by Crippen LogP contribution is -2.43. The second-order valence-electron chi connectivity index (χ2n) is 10.7. The van der Waals surface area contributed by atoms with E-state index in [-0.39, 0.29) is 5.54 Å². The summed E-state index contributed by atoms with van der Waals surface area (Å²) >= 11 is 0. The molecule has 2 heteroatoms. The van der Waals surface area contributed by atoms with E-state index in [9.17, 15) is 5.26 Å². The molecule has 2 nitrogen and oxygen atoms in total. The summed E-state index contributed by atoms with van der Waals surface area (Å²) in [4.78, 5) is 2.45. The molecule has 0 heterocycles. The van der Waals surface area contributed by atoms with Gasteiger partial charge in [-0.3, -0.25) is 4.90 Å². The Morgan fingerprint density at radius 1 is 0.469 bits per heavy atom. The van der Waals surface area contributed by atoms with Crippen LogP contribution in [0.15, 0.2) is 0 Å². The topological polar surface area (TPSA) is 27.0 Å². The molecule has 0 fully saturated rings. The number of hydrogen-bond acceptors (Lipinski definition) is 2. The van der Waals surface area contributed by atoms with Gasteiger partial charge in [0.25, 0.3) is 0 Å². The minimum Gasteiger partial charge on any atom is -0.286 e. The lowest BCUT2D eigenvalue weighted by molar-refractivity contribution is 0.160. The molecular formula is C30H60N2. The number of nitriles is 1. The van der Waals surface area contributed by atoms with E-state index < -0.39 is 0 Å². The summed E-state index contributed by atoms with van der Waals surface area (Å²) in [5.74, 6) is 0. The molecule has 0 aromatic rings. The zero-order valence-corrected chi connectivity index (χ0v) is 22.9. The van der Waals surface area contributed by atoms with E-state index >= 15 is 0 Å². The Morgan fingerprint density at radius 3 is 0.969 bits per heavy atom. The number of hydrogen-bond donors (Lipinski definition) is 0. The molecular weight excluding hydrogens is 388 g/mol. The van der Waals surface area contributed by atoms with E-state index in [0.29, 0.717) is 0 Å². The van der Waals surface area contributed by atoms with Crippen LogP contribution in [0.5, 0.6) is 0 Å². The summed E-state index contributed by atoms with van der Waals surface area (Å²) in [7, 11) is 0. The third kappa shape index (κ3) is 20.1. The zero-order valence-electron chi connectivity index (χ0n) is 22.9. The van der Waals surface area contributed by atoms with Crippen molar-refractivity contribution in [3.63, 3.8) is 0 Å². The van der Waals surface area contributed by atoms with Gasteiger partial charge in [-0.2, -0.15) is 5.26 Å². The van der Waals surface area contributed by atoms with Gasteiger partial charge in [0.15, 0.2) is 0 Å². The molecule has 0 atom stereocenters. The lowest BCUT2D eigenvalue weighted by Gasteiger charge is -2.33. The molecule has 0 amide bonds. The van der Waals surface area contributed by atoms with Crippen molar-refractivity contribution in [3.05, 3.63) is 0 Å². The van der Waals surface area contributed by atoms with Crippen LogP contribution in [0.4, 0.5) is 0 Å². The van der Waals surface area contributed by atoms with Crippen molar-refractivity contribution in [1.82, 2.24) is 4.90 Å². The quantitative estimate of drug-likeness (QED) is 0.130. The second-order valence-corrected chi connectivity index (χ2v) is 10.7. The maximum atomic E-state index is 9.63. The predicted molar refractivity (Wildman–Crippen MR) is 144 cm³/mol. The van der Waals surface area contributed by atoms with Gasteiger partial charge in [-0.05, 0) is 39.8 Å². The Labute approximate surface area is 203 Å². The summed E-state index contributed by atoms with van der Waals surface area (Å²) < 4.78 is 0. The van der Waals surface area contributed by atoms with E-state index in [1.807, 2.05) is 0 Å². The minimum absolute atomic E-state index is 0.322. The average molecular weight is 449 g/mol. The highest BCUT2D eigenvalue weighted by atomic mass is 15.2. The van der Waals surface area contributed by atoms with Gasteiger partial charge in [0.1, 0.15) is 5.54 Å². The first-order valence-electron chi connectivity index (χ1n) is 14.7. The van der Waals surface area contributed by atoms with Crippen LogP contribution in [0.2, 0.25) is 0 Å². The van der Waals surface area contributed by atoms with Gasteiger partial charge in [-0.25, -0.2) is 0 Å². The molecule has 0 aliphatic heterocycles. The number of unbranched alkanes of at least 4 members (excludes halogenated alkanes) is 20. The van der Waals surface area contributed by atoms with Gasteiger partial charge in [0.05, 0.1) is 6.07 Å². The molecule has 0 saturated carbocycles. The standard InChI is InChI=1S/C30H60N2/c1-5-7-9-11-13-15-17-19-21-23-25-27-32(30(3,4)29-31)28-26-24-22-20-18-16-14-12-10-8-6-2/h5-28H2,1-4H3. The van der Waals surface area contributed by atoms with Gasteiger partial charge in [-0.15, -0.1) is 0 Å². The van der Waals surface area contributed by atoms with E-state index in [4.69, 9.17) is 0 Å². The minimum atomic E-state index is -0.322. The van der Waals surface area contributed by atoms with Gasteiger partial charge < -0.3 is 0 Å². The molecule has 0 radical (unpaired) electrons. The third-order valence-corrected chi connectivity index (χ3v) is 7.13. The Balaban J connectivity index is 3.73. The Bertz CT molecular complexity index is 384. The summed E-state index contributed by atoms with van der Waals surface area (Å²) in [5.41, 5.74) is -0.322. The zero-order chi connectivity index (χ0) is 23.8. The van der Waals surface area contributed by atoms with Crippen LogP contribution in [0.3, 0.4) is 0 Å². The van der Waals surface area contributed by atoms with Crippen molar-refractivity contribution >= 4 is 0 Å². The third-order valence-electron chi connectivity index (χ3n) is 7.13. The fourth-order valence-corrected chi connectivity index (χ4v) is 4.68. The Morgan fingerprint density at radius 2 is 0.719 bits per heavy atom. The Hall–Kier alpha value is -0.550. The first kappa shape index (κ1) is 31.4. The summed E-state index contributed by atoms with van der Waals surface area (Å²) in [6.07, 6.45) is 30.5. The number of rotatable bonds is 25. The molecule has 0 spiro atoms. The van der Waals surface area contributed by atoms with Crippen molar-refractivity contribution in [2.24, 2.45) is 0 Å². The highest BCUT2D eigenvalue weighted by Gasteiger charge is 2.25. The van der Waals surface area contributed by atoms with Gasteiger partial charge in [0.2, 0.25) is 0 Å². The van der Waals surface area contributed by atoms with Crippen LogP contribution in [-0.2, 0) is 0 Å². The van der Waals surface area contributed by atoms with Crippen molar-refractivity contribution in [2.45, 2.75) is 174 Å². The maximum absolute atomic E-state index is 9.63. The molecule has 0 aliphatic rings. The molecule has 32 heavy (non-hydrogen) atoms. The second kappa shape index (κ2) is 23.6. The molecule has 0 N–H and O–H groups in total. The largest absolute Gasteiger partial charge is 0.286 e. The highest BCUT2D eigenvalue weighted by Crippen LogP contribution is 2.18. The SMILES string of the molecule is CCCCCCCCCCCCCN(CCCCCCCCCCCCC)C(C)(C)C#N. The molecule has 0 unspecified atom stereocenters. The van der Waals surface area contributed by atoms with Crippen molar-refractivity contribution in [3.8, 4) is 6.07 Å². The Kier molecular flexibility index (Phi) is 23.2. The van der Waals surface area contributed by atoms with Crippen molar-refractivity contribution in [1.29, 1.82) is 5.26 Å². The smallest absolute Gasteiger partial charge is 0.103 e. The van der Waals surface area contributed by atoms with Crippen LogP contribution in [0, 0.1) is 11.3 Å². The molecule has 0 rings (SSSR count). The van der Waals surface area contributed by atoms with Gasteiger partial charge in [0, 0.05) is 0 Å². The first-order chi connectivity index (χ1) is 15.6. The maximum Gasteiger partial charge on any atom is 0.103 e. The molecule has 0 aromatic carbocycles. The predicted octanol–water partition coefficient (Wildman–Crippen LogP) is 10.2. The monoisotopic (exact) mass is 448 g/mol. The fourth-order valence-electron chi connectivity index (χ4n) is 4.68.